The van der Waals surface area contributed by atoms with E-state index in [1.165, 1.54) is 0 Å². The van der Waals surface area contributed by atoms with Crippen LogP contribution in [0.3, 0.4) is 0 Å². The normalized spacial score (nSPS) is 29.4. The van der Waals surface area contributed by atoms with Crippen molar-refractivity contribution < 1.29 is 19.5 Å². The monoisotopic (exact) mass is 297 g/mol. The first-order valence-electron chi connectivity index (χ1n) is 7.51. The third-order valence-electron chi connectivity index (χ3n) is 4.47. The number of nitrogens with zero attached hydrogens (tertiary/aromatic N) is 1. The maximum absolute atomic E-state index is 11.8. The number of hydrogen-bond donors (Lipinski definition) is 3. The second kappa shape index (κ2) is 6.43. The lowest BCUT2D eigenvalue weighted by molar-refractivity contribution is -0.131. The van der Waals surface area contributed by atoms with Gasteiger partial charge in [-0.1, -0.05) is 13.3 Å². The Hall–Kier alpha value is -1.63. The molecule has 7 heteroatoms. The summed E-state index contributed by atoms with van der Waals surface area (Å²) >= 11 is 0. The summed E-state index contributed by atoms with van der Waals surface area (Å²) in [5.74, 6) is -0.171. The van der Waals surface area contributed by atoms with Crippen molar-refractivity contribution in [1.82, 2.24) is 15.5 Å². The summed E-state index contributed by atoms with van der Waals surface area (Å²) in [6, 6.07) is -0.544. The molecular weight excluding hydrogens is 274 g/mol. The minimum Gasteiger partial charge on any atom is -0.388 e. The van der Waals surface area contributed by atoms with Gasteiger partial charge in [0.2, 0.25) is 5.91 Å². The maximum atomic E-state index is 11.8. The molecule has 1 heterocycles. The minimum absolute atomic E-state index is 0.0611. The number of imide groups is 1. The van der Waals surface area contributed by atoms with Gasteiger partial charge in [-0.05, 0) is 31.6 Å². The zero-order valence-corrected chi connectivity index (χ0v) is 12.4. The molecule has 2 aliphatic rings. The van der Waals surface area contributed by atoms with Crippen LogP contribution in [0.1, 0.15) is 39.0 Å². The topological polar surface area (TPSA) is 98.7 Å². The minimum atomic E-state index is -0.862. The zero-order chi connectivity index (χ0) is 15.5. The van der Waals surface area contributed by atoms with E-state index >= 15 is 0 Å². The molecule has 1 aliphatic heterocycles. The van der Waals surface area contributed by atoms with E-state index in [0.29, 0.717) is 18.8 Å². The number of aliphatic hydroxyl groups is 1. The number of rotatable bonds is 5. The molecule has 0 unspecified atom stereocenters. The second-order valence-electron chi connectivity index (χ2n) is 5.99. The van der Waals surface area contributed by atoms with Gasteiger partial charge in [-0.25, -0.2) is 4.79 Å². The summed E-state index contributed by atoms with van der Waals surface area (Å²) in [7, 11) is 0. The van der Waals surface area contributed by atoms with Gasteiger partial charge in [0.05, 0.1) is 12.1 Å². The Labute approximate surface area is 124 Å². The second-order valence-corrected chi connectivity index (χ2v) is 5.99. The van der Waals surface area contributed by atoms with E-state index in [-0.39, 0.29) is 19.6 Å². The molecule has 0 radical (unpaired) electrons. The molecule has 0 spiro atoms. The summed E-state index contributed by atoms with van der Waals surface area (Å²) in [6.45, 7) is 1.97. The zero-order valence-electron chi connectivity index (χ0n) is 12.4. The van der Waals surface area contributed by atoms with Gasteiger partial charge in [0, 0.05) is 6.54 Å². The summed E-state index contributed by atoms with van der Waals surface area (Å²) in [4.78, 5) is 35.4. The average molecular weight is 297 g/mol. The number of carbonyl (C=O) groups excluding carboxylic acids is 3. The lowest BCUT2D eigenvalue weighted by Gasteiger charge is -2.35. The highest BCUT2D eigenvalue weighted by molar-refractivity contribution is 6.04. The first kappa shape index (κ1) is 15.8. The predicted octanol–water partition coefficient (Wildman–Crippen LogP) is -0.0143. The Kier molecular flexibility index (Phi) is 4.82. The molecule has 0 bridgehead atoms. The van der Waals surface area contributed by atoms with Gasteiger partial charge < -0.3 is 15.7 Å². The third kappa shape index (κ3) is 3.93. The Morgan fingerprint density at radius 1 is 1.43 bits per heavy atom. The molecular formula is C14H23N3O4. The number of carbonyl (C=O) groups is 3. The quantitative estimate of drug-likeness (QED) is 0.621. The van der Waals surface area contributed by atoms with E-state index in [0.717, 1.165) is 24.2 Å². The number of urea groups is 1. The Balaban J connectivity index is 1.76. The Bertz CT molecular complexity index is 414. The lowest BCUT2D eigenvalue weighted by Crippen LogP contribution is -2.48. The highest BCUT2D eigenvalue weighted by Crippen LogP contribution is 2.33. The number of hydrogen-bond acceptors (Lipinski definition) is 4. The molecule has 2 fully saturated rings. The molecule has 0 aromatic carbocycles. The molecule has 3 N–H and O–H groups in total. The molecule has 0 aromatic heterocycles. The van der Waals surface area contributed by atoms with Crippen LogP contribution in [0, 0.1) is 5.92 Å². The van der Waals surface area contributed by atoms with Crippen LogP contribution >= 0.6 is 0 Å². The summed E-state index contributed by atoms with van der Waals surface area (Å²) in [6.07, 6.45) is 4.41. The highest BCUT2D eigenvalue weighted by atomic mass is 16.3. The van der Waals surface area contributed by atoms with E-state index in [1.807, 2.05) is 0 Å². The number of nitrogens with one attached hydrogen (secondary N) is 2. The van der Waals surface area contributed by atoms with Gasteiger partial charge in [0.25, 0.3) is 5.91 Å². The largest absolute Gasteiger partial charge is 0.388 e. The molecule has 118 valence electrons. The smallest absolute Gasteiger partial charge is 0.325 e. The fourth-order valence-electron chi connectivity index (χ4n) is 2.88. The van der Waals surface area contributed by atoms with E-state index in [2.05, 4.69) is 17.6 Å². The van der Waals surface area contributed by atoms with Crippen molar-refractivity contribution in [3.63, 3.8) is 0 Å². The van der Waals surface area contributed by atoms with Crippen LogP contribution in [0.2, 0.25) is 0 Å². The van der Waals surface area contributed by atoms with Crippen molar-refractivity contribution in [2.24, 2.45) is 5.92 Å². The highest BCUT2D eigenvalue weighted by Gasteiger charge is 2.34. The molecule has 2 rings (SSSR count). The first-order valence-corrected chi connectivity index (χ1v) is 7.51. The van der Waals surface area contributed by atoms with Crippen LogP contribution in [0.25, 0.3) is 0 Å². The van der Waals surface area contributed by atoms with Crippen molar-refractivity contribution in [1.29, 1.82) is 0 Å². The van der Waals surface area contributed by atoms with Crippen molar-refractivity contribution in [3.8, 4) is 0 Å². The van der Waals surface area contributed by atoms with Crippen LogP contribution in [0.15, 0.2) is 0 Å². The van der Waals surface area contributed by atoms with Gasteiger partial charge >= 0.3 is 6.03 Å². The van der Waals surface area contributed by atoms with Crippen molar-refractivity contribution >= 4 is 17.8 Å². The SMILES string of the molecule is CCC1CCC(O)(CNC(=O)CN2C(=O)CNC2=O)CC1. The van der Waals surface area contributed by atoms with Crippen molar-refractivity contribution in [3.05, 3.63) is 0 Å². The van der Waals surface area contributed by atoms with Crippen molar-refractivity contribution in [2.45, 2.75) is 44.6 Å². The maximum Gasteiger partial charge on any atom is 0.325 e. The van der Waals surface area contributed by atoms with E-state index in [9.17, 15) is 19.5 Å². The van der Waals surface area contributed by atoms with Crippen LogP contribution in [-0.2, 0) is 9.59 Å². The molecule has 1 saturated heterocycles. The van der Waals surface area contributed by atoms with Crippen molar-refractivity contribution in [2.75, 3.05) is 19.6 Å². The molecule has 1 saturated carbocycles. The van der Waals surface area contributed by atoms with Gasteiger partial charge in [0.1, 0.15) is 6.54 Å². The predicted molar refractivity (Wildman–Crippen MR) is 75.3 cm³/mol. The summed E-state index contributed by atoms with van der Waals surface area (Å²) < 4.78 is 0. The fourth-order valence-corrected chi connectivity index (χ4v) is 2.88. The molecule has 1 aliphatic carbocycles. The van der Waals surface area contributed by atoms with Crippen LogP contribution in [-0.4, -0.2) is 53.1 Å². The standard InChI is InChI=1S/C14H23N3O4/c1-2-10-3-5-14(21,6-4-10)9-16-11(18)8-17-12(19)7-15-13(17)20/h10,21H,2-9H2,1H3,(H,15,20)(H,16,18). The van der Waals surface area contributed by atoms with E-state index < -0.39 is 23.4 Å². The lowest BCUT2D eigenvalue weighted by atomic mass is 9.78. The third-order valence-corrected chi connectivity index (χ3v) is 4.47. The van der Waals surface area contributed by atoms with Gasteiger partial charge in [-0.3, -0.25) is 14.5 Å². The molecule has 7 nitrogen and oxygen atoms in total. The number of amides is 4. The van der Waals surface area contributed by atoms with Crippen LogP contribution in [0.5, 0.6) is 0 Å². The average Bonchev–Trinajstić information content (AvgIpc) is 2.78. The molecule has 0 atom stereocenters. The van der Waals surface area contributed by atoms with Gasteiger partial charge in [-0.2, -0.15) is 0 Å². The van der Waals surface area contributed by atoms with Gasteiger partial charge in [0.15, 0.2) is 0 Å². The van der Waals surface area contributed by atoms with E-state index in [1.54, 1.807) is 0 Å². The van der Waals surface area contributed by atoms with Gasteiger partial charge in [-0.15, -0.1) is 0 Å². The first-order chi connectivity index (χ1) is 9.93. The van der Waals surface area contributed by atoms with Crippen LogP contribution < -0.4 is 10.6 Å². The Morgan fingerprint density at radius 3 is 2.62 bits per heavy atom. The summed E-state index contributed by atoms with van der Waals surface area (Å²) in [5, 5.41) is 15.4. The molecule has 4 amide bonds. The fraction of sp³-hybridized carbons (Fsp3) is 0.786. The molecule has 21 heavy (non-hydrogen) atoms. The van der Waals surface area contributed by atoms with Crippen LogP contribution in [0.4, 0.5) is 4.79 Å². The Morgan fingerprint density at radius 2 is 2.10 bits per heavy atom. The van der Waals surface area contributed by atoms with E-state index in [4.69, 9.17) is 0 Å². The summed E-state index contributed by atoms with van der Waals surface area (Å²) in [5.41, 5.74) is -0.862. The molecule has 0 aromatic rings.